The van der Waals surface area contributed by atoms with Crippen LogP contribution < -0.4 is 15.0 Å². The number of benzene rings is 1. The van der Waals surface area contributed by atoms with Gasteiger partial charge in [0.2, 0.25) is 11.8 Å². The second-order valence-corrected chi connectivity index (χ2v) is 4.14. The van der Waals surface area contributed by atoms with Crippen LogP contribution in [0.1, 0.15) is 19.8 Å². The number of amides is 2. The number of rotatable bonds is 2. The van der Waals surface area contributed by atoms with Gasteiger partial charge >= 0.3 is 0 Å². The first-order valence-electron chi connectivity index (χ1n) is 5.95. The van der Waals surface area contributed by atoms with Gasteiger partial charge in [-0.1, -0.05) is 6.92 Å². The summed E-state index contributed by atoms with van der Waals surface area (Å²) in [7, 11) is 1.71. The third kappa shape index (κ3) is 2.45. The Morgan fingerprint density at radius 1 is 1.50 bits per heavy atom. The van der Waals surface area contributed by atoms with Gasteiger partial charge in [0.1, 0.15) is 5.75 Å². The topological polar surface area (TPSA) is 58.6 Å². The number of hydrogen-bond donors (Lipinski definition) is 1. The third-order valence-electron chi connectivity index (χ3n) is 2.87. The Kier molecular flexibility index (Phi) is 3.50. The van der Waals surface area contributed by atoms with Crippen LogP contribution in [0.2, 0.25) is 0 Å². The number of carbonyl (C=O) groups excluding carboxylic acids is 2. The molecule has 0 fully saturated rings. The lowest BCUT2D eigenvalue weighted by Gasteiger charge is -2.17. The molecule has 0 bridgehead atoms. The predicted octanol–water partition coefficient (Wildman–Crippen LogP) is 1.78. The summed E-state index contributed by atoms with van der Waals surface area (Å²) >= 11 is 0. The number of nitrogens with one attached hydrogen (secondary N) is 1. The van der Waals surface area contributed by atoms with Gasteiger partial charge in [0, 0.05) is 19.2 Å². The molecule has 18 heavy (non-hydrogen) atoms. The molecule has 0 saturated carbocycles. The van der Waals surface area contributed by atoms with Crippen LogP contribution in [-0.2, 0) is 9.59 Å². The Labute approximate surface area is 106 Å². The number of carbonyl (C=O) groups is 2. The van der Waals surface area contributed by atoms with E-state index in [0.29, 0.717) is 36.6 Å². The summed E-state index contributed by atoms with van der Waals surface area (Å²) in [5, 5.41) is 2.77. The molecule has 0 spiro atoms. The van der Waals surface area contributed by atoms with Gasteiger partial charge in [-0.05, 0) is 18.2 Å². The van der Waals surface area contributed by atoms with E-state index in [0.717, 1.165) is 0 Å². The molecule has 0 atom stereocenters. The Bertz CT molecular complexity index is 485. The highest BCUT2D eigenvalue weighted by atomic mass is 16.5. The molecule has 1 heterocycles. The van der Waals surface area contributed by atoms with Crippen molar-refractivity contribution in [1.29, 1.82) is 0 Å². The number of nitrogens with zero attached hydrogens (tertiary/aromatic N) is 1. The molecule has 5 nitrogen and oxygen atoms in total. The number of anilines is 2. The molecule has 96 valence electrons. The molecule has 1 N–H and O–H groups in total. The Morgan fingerprint density at radius 2 is 2.28 bits per heavy atom. The van der Waals surface area contributed by atoms with Crippen LogP contribution >= 0.6 is 0 Å². The summed E-state index contributed by atoms with van der Waals surface area (Å²) < 4.78 is 5.50. The number of hydrogen-bond acceptors (Lipinski definition) is 3. The lowest BCUT2D eigenvalue weighted by molar-refractivity contribution is -0.118. The summed E-state index contributed by atoms with van der Waals surface area (Å²) in [6.45, 7) is 2.17. The van der Waals surface area contributed by atoms with Crippen LogP contribution in [0.5, 0.6) is 5.75 Å². The minimum Gasteiger partial charge on any atom is -0.491 e. The molecule has 1 aliphatic heterocycles. The normalized spacial score (nSPS) is 14.6. The fraction of sp³-hybridized carbons (Fsp3) is 0.385. The lowest BCUT2D eigenvalue weighted by atomic mass is 10.2. The number of ether oxygens (including phenoxy) is 1. The van der Waals surface area contributed by atoms with Crippen molar-refractivity contribution < 1.29 is 14.3 Å². The van der Waals surface area contributed by atoms with Gasteiger partial charge in [-0.25, -0.2) is 0 Å². The highest BCUT2D eigenvalue weighted by molar-refractivity contribution is 5.97. The lowest BCUT2D eigenvalue weighted by Crippen LogP contribution is -2.25. The molecule has 0 unspecified atom stereocenters. The smallest absolute Gasteiger partial charge is 0.230 e. The van der Waals surface area contributed by atoms with E-state index in [-0.39, 0.29) is 11.8 Å². The van der Waals surface area contributed by atoms with Crippen LogP contribution in [0, 0.1) is 0 Å². The summed E-state index contributed by atoms with van der Waals surface area (Å²) in [5.74, 6) is 0.615. The van der Waals surface area contributed by atoms with Gasteiger partial charge in [-0.2, -0.15) is 0 Å². The predicted molar refractivity (Wildman–Crippen MR) is 68.9 cm³/mol. The van der Waals surface area contributed by atoms with Gasteiger partial charge in [-0.3, -0.25) is 9.59 Å². The van der Waals surface area contributed by atoms with Crippen molar-refractivity contribution in [2.24, 2.45) is 0 Å². The van der Waals surface area contributed by atoms with Crippen molar-refractivity contribution >= 4 is 23.2 Å². The van der Waals surface area contributed by atoms with E-state index in [9.17, 15) is 9.59 Å². The van der Waals surface area contributed by atoms with Crippen molar-refractivity contribution in [3.05, 3.63) is 18.2 Å². The highest BCUT2D eigenvalue weighted by Crippen LogP contribution is 2.33. The van der Waals surface area contributed by atoms with E-state index >= 15 is 0 Å². The fourth-order valence-corrected chi connectivity index (χ4v) is 1.78. The summed E-state index contributed by atoms with van der Waals surface area (Å²) in [5.41, 5.74) is 1.36. The van der Waals surface area contributed by atoms with Crippen molar-refractivity contribution in [1.82, 2.24) is 0 Å². The summed E-state index contributed by atoms with van der Waals surface area (Å²) in [6.07, 6.45) is 0.782. The molecule has 0 aliphatic carbocycles. The third-order valence-corrected chi connectivity index (χ3v) is 2.87. The molecule has 5 heteroatoms. The maximum Gasteiger partial charge on any atom is 0.230 e. The van der Waals surface area contributed by atoms with Gasteiger partial charge < -0.3 is 15.0 Å². The molecule has 0 aromatic heterocycles. The first-order chi connectivity index (χ1) is 8.61. The zero-order valence-corrected chi connectivity index (χ0v) is 10.5. The van der Waals surface area contributed by atoms with Crippen LogP contribution in [0.15, 0.2) is 18.2 Å². The second kappa shape index (κ2) is 5.08. The molecule has 0 saturated heterocycles. The van der Waals surface area contributed by atoms with Crippen molar-refractivity contribution in [3.8, 4) is 5.75 Å². The standard InChI is InChI=1S/C13H16N2O3/c1-3-12(16)14-9-4-5-11-10(8-9)15(2)13(17)6-7-18-11/h4-5,8H,3,6-7H2,1-2H3,(H,14,16). The minimum absolute atomic E-state index is 0.00715. The van der Waals surface area contributed by atoms with E-state index in [1.54, 1.807) is 37.1 Å². The molecular weight excluding hydrogens is 232 g/mol. The molecule has 1 aliphatic rings. The SMILES string of the molecule is CCC(=O)Nc1ccc2c(c1)N(C)C(=O)CCO2. The quantitative estimate of drug-likeness (QED) is 0.868. The highest BCUT2D eigenvalue weighted by Gasteiger charge is 2.20. The first kappa shape index (κ1) is 12.4. The molecule has 2 rings (SSSR count). The van der Waals surface area contributed by atoms with Gasteiger partial charge in [0.25, 0.3) is 0 Å². The Hall–Kier alpha value is -2.04. The molecule has 1 aromatic rings. The molecular formula is C13H16N2O3. The molecule has 2 amide bonds. The first-order valence-corrected chi connectivity index (χ1v) is 5.95. The van der Waals surface area contributed by atoms with Gasteiger partial charge in [0.05, 0.1) is 18.7 Å². The maximum absolute atomic E-state index is 11.7. The maximum atomic E-state index is 11.7. The Morgan fingerprint density at radius 3 is 3.00 bits per heavy atom. The minimum atomic E-state index is -0.0570. The van der Waals surface area contributed by atoms with Crippen LogP contribution in [0.4, 0.5) is 11.4 Å². The van der Waals surface area contributed by atoms with Crippen molar-refractivity contribution in [2.45, 2.75) is 19.8 Å². The van der Waals surface area contributed by atoms with E-state index in [4.69, 9.17) is 4.74 Å². The van der Waals surface area contributed by atoms with Gasteiger partial charge in [0.15, 0.2) is 0 Å². The molecule has 0 radical (unpaired) electrons. The number of fused-ring (bicyclic) bond motifs is 1. The van der Waals surface area contributed by atoms with E-state index < -0.39 is 0 Å². The average molecular weight is 248 g/mol. The van der Waals surface area contributed by atoms with Crippen molar-refractivity contribution in [2.75, 3.05) is 23.9 Å². The molecule has 1 aromatic carbocycles. The summed E-state index contributed by atoms with van der Waals surface area (Å²) in [6, 6.07) is 5.30. The van der Waals surface area contributed by atoms with Crippen LogP contribution in [-0.4, -0.2) is 25.5 Å². The fourth-order valence-electron chi connectivity index (χ4n) is 1.78. The Balaban J connectivity index is 2.31. The van der Waals surface area contributed by atoms with E-state index in [2.05, 4.69) is 5.32 Å². The van der Waals surface area contributed by atoms with Crippen LogP contribution in [0.25, 0.3) is 0 Å². The van der Waals surface area contributed by atoms with E-state index in [1.807, 2.05) is 0 Å². The average Bonchev–Trinajstić information content (AvgIpc) is 2.51. The summed E-state index contributed by atoms with van der Waals surface area (Å²) in [4.78, 5) is 24.6. The van der Waals surface area contributed by atoms with E-state index in [1.165, 1.54) is 0 Å². The largest absolute Gasteiger partial charge is 0.491 e. The monoisotopic (exact) mass is 248 g/mol. The zero-order valence-electron chi connectivity index (χ0n) is 10.5. The van der Waals surface area contributed by atoms with Crippen molar-refractivity contribution in [3.63, 3.8) is 0 Å². The van der Waals surface area contributed by atoms with Crippen LogP contribution in [0.3, 0.4) is 0 Å². The second-order valence-electron chi connectivity index (χ2n) is 4.14. The zero-order chi connectivity index (χ0) is 13.1. The van der Waals surface area contributed by atoms with Gasteiger partial charge in [-0.15, -0.1) is 0 Å².